The molecule has 0 aliphatic heterocycles. The molecular formula is C12H17NO2. The highest BCUT2D eigenvalue weighted by Crippen LogP contribution is 2.20. The minimum atomic E-state index is -1.06. The summed E-state index contributed by atoms with van der Waals surface area (Å²) in [6.45, 7) is 3.88. The molecule has 3 heteroatoms. The molecule has 1 aromatic carbocycles. The minimum Gasteiger partial charge on any atom is -0.378 e. The predicted molar refractivity (Wildman–Crippen MR) is 59.6 cm³/mol. The second kappa shape index (κ2) is 4.45. The highest BCUT2D eigenvalue weighted by molar-refractivity contribution is 5.81. The van der Waals surface area contributed by atoms with Gasteiger partial charge in [-0.1, -0.05) is 23.8 Å². The number of hydrogen-bond donors (Lipinski definition) is 1. The Bertz CT molecular complexity index is 372. The van der Waals surface area contributed by atoms with Gasteiger partial charge >= 0.3 is 0 Å². The molecule has 1 atom stereocenters. The molecule has 0 saturated carbocycles. The lowest BCUT2D eigenvalue weighted by Gasteiger charge is -2.17. The van der Waals surface area contributed by atoms with Gasteiger partial charge in [-0.15, -0.1) is 0 Å². The van der Waals surface area contributed by atoms with Gasteiger partial charge < -0.3 is 10.0 Å². The summed E-state index contributed by atoms with van der Waals surface area (Å²) in [6.07, 6.45) is -1.06. The lowest BCUT2D eigenvalue weighted by Crippen LogP contribution is -2.28. The lowest BCUT2D eigenvalue weighted by atomic mass is 10.0. The Hall–Kier alpha value is -1.35. The Labute approximate surface area is 90.3 Å². The maximum atomic E-state index is 11.6. The summed E-state index contributed by atoms with van der Waals surface area (Å²) in [4.78, 5) is 12.9. The standard InChI is InChI=1S/C12H17NO2/c1-8-5-6-10(9(2)7-8)11(14)12(15)13(3)4/h5-7,11,14H,1-4H3. The van der Waals surface area contributed by atoms with Crippen molar-refractivity contribution in [2.45, 2.75) is 20.0 Å². The second-order valence-electron chi connectivity index (χ2n) is 4.00. The van der Waals surface area contributed by atoms with E-state index >= 15 is 0 Å². The number of aryl methyl sites for hydroxylation is 2. The van der Waals surface area contributed by atoms with Crippen molar-refractivity contribution >= 4 is 5.91 Å². The van der Waals surface area contributed by atoms with Gasteiger partial charge in [-0.25, -0.2) is 0 Å². The third-order valence-electron chi connectivity index (χ3n) is 2.39. The normalized spacial score (nSPS) is 12.3. The molecule has 0 fully saturated rings. The van der Waals surface area contributed by atoms with Crippen LogP contribution < -0.4 is 0 Å². The first-order valence-corrected chi connectivity index (χ1v) is 4.90. The Balaban J connectivity index is 3.01. The zero-order valence-corrected chi connectivity index (χ0v) is 9.61. The summed E-state index contributed by atoms with van der Waals surface area (Å²) in [5, 5.41) is 9.84. The minimum absolute atomic E-state index is 0.290. The number of aliphatic hydroxyl groups excluding tert-OH is 1. The van der Waals surface area contributed by atoms with Gasteiger partial charge in [0.15, 0.2) is 6.10 Å². The molecule has 1 rings (SSSR count). The van der Waals surface area contributed by atoms with Crippen LogP contribution in [0.2, 0.25) is 0 Å². The van der Waals surface area contributed by atoms with Crippen LogP contribution in [0, 0.1) is 13.8 Å². The fourth-order valence-corrected chi connectivity index (χ4v) is 1.51. The molecule has 82 valence electrons. The summed E-state index contributed by atoms with van der Waals surface area (Å²) in [7, 11) is 3.27. The van der Waals surface area contributed by atoms with E-state index in [-0.39, 0.29) is 5.91 Å². The third kappa shape index (κ3) is 2.57. The van der Waals surface area contributed by atoms with Crippen molar-refractivity contribution in [3.8, 4) is 0 Å². The van der Waals surface area contributed by atoms with Crippen LogP contribution in [0.1, 0.15) is 22.8 Å². The number of hydrogen-bond acceptors (Lipinski definition) is 2. The molecule has 0 aromatic heterocycles. The molecule has 0 saturated heterocycles. The average molecular weight is 207 g/mol. The fraction of sp³-hybridized carbons (Fsp3) is 0.417. The van der Waals surface area contributed by atoms with Crippen LogP contribution in [-0.4, -0.2) is 30.0 Å². The first-order valence-electron chi connectivity index (χ1n) is 4.90. The SMILES string of the molecule is Cc1ccc(C(O)C(=O)N(C)C)c(C)c1. The van der Waals surface area contributed by atoms with E-state index in [9.17, 15) is 9.90 Å². The number of rotatable bonds is 2. The Kier molecular flexibility index (Phi) is 3.48. The summed E-state index contributed by atoms with van der Waals surface area (Å²) in [5.41, 5.74) is 2.75. The van der Waals surface area contributed by atoms with E-state index in [0.717, 1.165) is 11.1 Å². The monoisotopic (exact) mass is 207 g/mol. The third-order valence-corrected chi connectivity index (χ3v) is 2.39. The van der Waals surface area contributed by atoms with Gasteiger partial charge in [0.05, 0.1) is 0 Å². The van der Waals surface area contributed by atoms with Crippen LogP contribution in [0.25, 0.3) is 0 Å². The molecule has 0 heterocycles. The molecule has 1 N–H and O–H groups in total. The molecule has 0 radical (unpaired) electrons. The molecule has 0 aliphatic rings. The lowest BCUT2D eigenvalue weighted by molar-refractivity contribution is -0.137. The van der Waals surface area contributed by atoms with Gasteiger partial charge in [0.2, 0.25) is 0 Å². The van der Waals surface area contributed by atoms with E-state index in [1.54, 1.807) is 20.2 Å². The highest BCUT2D eigenvalue weighted by atomic mass is 16.3. The van der Waals surface area contributed by atoms with Crippen LogP contribution in [0.15, 0.2) is 18.2 Å². The van der Waals surface area contributed by atoms with Crippen LogP contribution in [0.5, 0.6) is 0 Å². The van der Waals surface area contributed by atoms with Gasteiger partial charge in [-0.2, -0.15) is 0 Å². The Morgan fingerprint density at radius 2 is 1.93 bits per heavy atom. The van der Waals surface area contributed by atoms with Gasteiger partial charge in [0.1, 0.15) is 0 Å². The average Bonchev–Trinajstić information content (AvgIpc) is 2.15. The number of aliphatic hydroxyl groups is 1. The zero-order chi connectivity index (χ0) is 11.6. The number of likely N-dealkylation sites (N-methyl/N-ethyl adjacent to an activating group) is 1. The molecule has 1 unspecified atom stereocenters. The van der Waals surface area contributed by atoms with Crippen LogP contribution >= 0.6 is 0 Å². The maximum absolute atomic E-state index is 11.6. The smallest absolute Gasteiger partial charge is 0.255 e. The van der Waals surface area contributed by atoms with E-state index in [1.165, 1.54) is 4.90 Å². The summed E-state index contributed by atoms with van der Waals surface area (Å²) >= 11 is 0. The number of amides is 1. The second-order valence-corrected chi connectivity index (χ2v) is 4.00. The van der Waals surface area contributed by atoms with Gasteiger partial charge in [-0.05, 0) is 25.0 Å². The Morgan fingerprint density at radius 3 is 2.40 bits per heavy atom. The first-order chi connectivity index (χ1) is 6.93. The largest absolute Gasteiger partial charge is 0.378 e. The molecule has 3 nitrogen and oxygen atoms in total. The van der Waals surface area contributed by atoms with Crippen molar-refractivity contribution in [2.24, 2.45) is 0 Å². The van der Waals surface area contributed by atoms with Crippen molar-refractivity contribution in [1.29, 1.82) is 0 Å². The molecule has 0 spiro atoms. The van der Waals surface area contributed by atoms with Crippen molar-refractivity contribution in [2.75, 3.05) is 14.1 Å². The first kappa shape index (κ1) is 11.7. The van der Waals surface area contributed by atoms with E-state index in [2.05, 4.69) is 0 Å². The number of carbonyl (C=O) groups is 1. The van der Waals surface area contributed by atoms with E-state index in [1.807, 2.05) is 26.0 Å². The van der Waals surface area contributed by atoms with Gasteiger partial charge in [-0.3, -0.25) is 4.79 Å². The molecule has 0 aliphatic carbocycles. The fourth-order valence-electron chi connectivity index (χ4n) is 1.51. The van der Waals surface area contributed by atoms with Crippen molar-refractivity contribution in [3.63, 3.8) is 0 Å². The van der Waals surface area contributed by atoms with E-state index in [0.29, 0.717) is 5.56 Å². The molecule has 0 bridgehead atoms. The van der Waals surface area contributed by atoms with Crippen molar-refractivity contribution in [3.05, 3.63) is 34.9 Å². The van der Waals surface area contributed by atoms with Crippen molar-refractivity contribution < 1.29 is 9.90 Å². The molecule has 1 aromatic rings. The number of carbonyl (C=O) groups excluding carboxylic acids is 1. The van der Waals surface area contributed by atoms with E-state index in [4.69, 9.17) is 0 Å². The number of benzene rings is 1. The Morgan fingerprint density at radius 1 is 1.33 bits per heavy atom. The van der Waals surface area contributed by atoms with Crippen LogP contribution in [0.3, 0.4) is 0 Å². The summed E-state index contributed by atoms with van der Waals surface area (Å²) < 4.78 is 0. The van der Waals surface area contributed by atoms with Gasteiger partial charge in [0, 0.05) is 14.1 Å². The summed E-state index contributed by atoms with van der Waals surface area (Å²) in [6, 6.07) is 5.66. The molecule has 1 amide bonds. The van der Waals surface area contributed by atoms with E-state index < -0.39 is 6.10 Å². The highest BCUT2D eigenvalue weighted by Gasteiger charge is 2.20. The van der Waals surface area contributed by atoms with Crippen molar-refractivity contribution in [1.82, 2.24) is 4.90 Å². The topological polar surface area (TPSA) is 40.5 Å². The van der Waals surface area contributed by atoms with Crippen LogP contribution in [0.4, 0.5) is 0 Å². The molecule has 15 heavy (non-hydrogen) atoms. The predicted octanol–water partition coefficient (Wildman–Crippen LogP) is 1.43. The number of nitrogens with zero attached hydrogens (tertiary/aromatic N) is 1. The summed E-state index contributed by atoms with van der Waals surface area (Å²) in [5.74, 6) is -0.290. The van der Waals surface area contributed by atoms with Gasteiger partial charge in [0.25, 0.3) is 5.91 Å². The zero-order valence-electron chi connectivity index (χ0n) is 9.61. The quantitative estimate of drug-likeness (QED) is 0.797. The van der Waals surface area contributed by atoms with Crippen LogP contribution in [-0.2, 0) is 4.79 Å². The molecular weight excluding hydrogens is 190 g/mol. The maximum Gasteiger partial charge on any atom is 0.255 e.